The zero-order valence-electron chi connectivity index (χ0n) is 20.6. The monoisotopic (exact) mass is 472 g/mol. The van der Waals surface area contributed by atoms with Gasteiger partial charge >= 0.3 is 5.97 Å². The molecule has 184 valence electrons. The highest BCUT2D eigenvalue weighted by molar-refractivity contribution is 5.87. The summed E-state index contributed by atoms with van der Waals surface area (Å²) in [5.74, 6) is -0.132. The van der Waals surface area contributed by atoms with Gasteiger partial charge in [-0.05, 0) is 56.0 Å². The zero-order valence-corrected chi connectivity index (χ0v) is 20.6. The summed E-state index contributed by atoms with van der Waals surface area (Å²) in [6.45, 7) is 4.59. The van der Waals surface area contributed by atoms with Gasteiger partial charge in [-0.25, -0.2) is 0 Å². The number of likely N-dealkylation sites (tertiary alicyclic amines) is 1. The average Bonchev–Trinajstić information content (AvgIpc) is 3.56. The van der Waals surface area contributed by atoms with Gasteiger partial charge in [-0.15, -0.1) is 0 Å². The number of rotatable bonds is 6. The number of carbonyl (C=O) groups excluding carboxylic acids is 1. The van der Waals surface area contributed by atoms with Crippen molar-refractivity contribution in [3.8, 4) is 0 Å². The largest absolute Gasteiger partial charge is 0.468 e. The van der Waals surface area contributed by atoms with Crippen molar-refractivity contribution < 1.29 is 9.53 Å². The number of aromatic nitrogens is 1. The molecular formula is C29H36N4O2. The Bertz CT molecular complexity index is 1170. The van der Waals surface area contributed by atoms with Crippen LogP contribution in [0.25, 0.3) is 10.9 Å². The van der Waals surface area contributed by atoms with Crippen LogP contribution in [0.3, 0.4) is 0 Å². The van der Waals surface area contributed by atoms with Gasteiger partial charge in [-0.2, -0.15) is 0 Å². The number of nitrogens with zero attached hydrogens (tertiary/aromatic N) is 2. The van der Waals surface area contributed by atoms with Crippen LogP contribution in [0, 0.1) is 0 Å². The van der Waals surface area contributed by atoms with Crippen molar-refractivity contribution in [2.45, 2.75) is 56.3 Å². The van der Waals surface area contributed by atoms with Crippen LogP contribution in [0.4, 0.5) is 0 Å². The molecule has 2 fully saturated rings. The SMILES string of the molecule is COC(=O)[C@@H]1Cc2c([nH]c3ccccc23)[C@H]2C[C@@H](NCCN3CCCC3)C[C@@H](c3ccccc3)N21. The third kappa shape index (κ3) is 4.28. The molecule has 4 atom stereocenters. The molecule has 0 radical (unpaired) electrons. The van der Waals surface area contributed by atoms with Crippen molar-refractivity contribution >= 4 is 16.9 Å². The van der Waals surface area contributed by atoms with Crippen molar-refractivity contribution in [1.29, 1.82) is 0 Å². The van der Waals surface area contributed by atoms with Crippen LogP contribution in [-0.4, -0.2) is 66.1 Å². The first-order chi connectivity index (χ1) is 17.2. The first-order valence-corrected chi connectivity index (χ1v) is 13.2. The normalized spacial score (nSPS) is 27.0. The van der Waals surface area contributed by atoms with Gasteiger partial charge in [-0.3, -0.25) is 9.69 Å². The Morgan fingerprint density at radius 1 is 1.03 bits per heavy atom. The van der Waals surface area contributed by atoms with Crippen molar-refractivity contribution in [2.24, 2.45) is 0 Å². The summed E-state index contributed by atoms with van der Waals surface area (Å²) < 4.78 is 5.36. The van der Waals surface area contributed by atoms with E-state index in [9.17, 15) is 4.79 Å². The lowest BCUT2D eigenvalue weighted by Crippen LogP contribution is -2.56. The predicted molar refractivity (Wildman–Crippen MR) is 138 cm³/mol. The molecule has 2 aromatic carbocycles. The summed E-state index contributed by atoms with van der Waals surface area (Å²) >= 11 is 0. The van der Waals surface area contributed by atoms with Crippen LogP contribution in [0.5, 0.6) is 0 Å². The minimum absolute atomic E-state index is 0.132. The molecular weight excluding hydrogens is 436 g/mol. The topological polar surface area (TPSA) is 60.6 Å². The second-order valence-electron chi connectivity index (χ2n) is 10.4. The highest BCUT2D eigenvalue weighted by Crippen LogP contribution is 2.48. The molecule has 3 aromatic rings. The molecule has 4 heterocycles. The molecule has 2 N–H and O–H groups in total. The smallest absolute Gasteiger partial charge is 0.323 e. The summed E-state index contributed by atoms with van der Waals surface area (Å²) in [6.07, 6.45) is 5.31. The Labute approximate surface area is 207 Å². The Morgan fingerprint density at radius 3 is 2.57 bits per heavy atom. The van der Waals surface area contributed by atoms with Crippen LogP contribution in [-0.2, 0) is 16.0 Å². The van der Waals surface area contributed by atoms with Crippen molar-refractivity contribution in [3.05, 3.63) is 71.4 Å². The predicted octanol–water partition coefficient (Wildman–Crippen LogP) is 4.20. The molecule has 0 saturated carbocycles. The van der Waals surface area contributed by atoms with Gasteiger partial charge in [0, 0.05) is 48.2 Å². The number of aromatic amines is 1. The molecule has 6 nitrogen and oxygen atoms in total. The first kappa shape index (κ1) is 22.8. The van der Waals surface area contributed by atoms with E-state index in [-0.39, 0.29) is 24.1 Å². The van der Waals surface area contributed by atoms with Crippen molar-refractivity contribution in [2.75, 3.05) is 33.3 Å². The molecule has 0 amide bonds. The molecule has 0 bridgehead atoms. The molecule has 3 aliphatic rings. The summed E-state index contributed by atoms with van der Waals surface area (Å²) in [5.41, 5.74) is 4.99. The Hall–Kier alpha value is -2.67. The number of ether oxygens (including phenoxy) is 1. The summed E-state index contributed by atoms with van der Waals surface area (Å²) in [4.78, 5) is 22.0. The highest BCUT2D eigenvalue weighted by atomic mass is 16.5. The van der Waals surface area contributed by atoms with E-state index < -0.39 is 0 Å². The Kier molecular flexibility index (Phi) is 6.35. The molecule has 0 aliphatic carbocycles. The minimum Gasteiger partial charge on any atom is -0.468 e. The highest BCUT2D eigenvalue weighted by Gasteiger charge is 2.48. The molecule has 0 spiro atoms. The lowest BCUT2D eigenvalue weighted by atomic mass is 9.79. The third-order valence-electron chi connectivity index (χ3n) is 8.39. The molecule has 6 heteroatoms. The quantitative estimate of drug-likeness (QED) is 0.527. The van der Waals surface area contributed by atoms with Crippen molar-refractivity contribution in [1.82, 2.24) is 20.1 Å². The lowest BCUT2D eigenvalue weighted by Gasteiger charge is -2.50. The molecule has 3 aliphatic heterocycles. The van der Waals surface area contributed by atoms with Gasteiger partial charge in [0.05, 0.1) is 13.2 Å². The summed E-state index contributed by atoms with van der Waals surface area (Å²) in [7, 11) is 1.52. The fraction of sp³-hybridized carbons (Fsp3) is 0.483. The maximum absolute atomic E-state index is 13.2. The number of fused-ring (bicyclic) bond motifs is 5. The maximum Gasteiger partial charge on any atom is 0.323 e. The fourth-order valence-electron chi connectivity index (χ4n) is 6.75. The van der Waals surface area contributed by atoms with Crippen LogP contribution < -0.4 is 5.32 Å². The number of nitrogens with one attached hydrogen (secondary N) is 2. The number of methoxy groups -OCH3 is 1. The molecule has 1 aromatic heterocycles. The minimum atomic E-state index is -0.285. The van der Waals surface area contributed by atoms with E-state index in [0.29, 0.717) is 12.5 Å². The Morgan fingerprint density at radius 2 is 1.77 bits per heavy atom. The van der Waals surface area contributed by atoms with E-state index in [4.69, 9.17) is 4.74 Å². The number of hydrogen-bond acceptors (Lipinski definition) is 5. The van der Waals surface area contributed by atoms with Gasteiger partial charge < -0.3 is 19.9 Å². The van der Waals surface area contributed by atoms with E-state index in [1.54, 1.807) is 0 Å². The lowest BCUT2D eigenvalue weighted by molar-refractivity contribution is -0.152. The zero-order chi connectivity index (χ0) is 23.8. The van der Waals surface area contributed by atoms with E-state index in [2.05, 4.69) is 74.7 Å². The van der Waals surface area contributed by atoms with Crippen LogP contribution in [0.2, 0.25) is 0 Å². The van der Waals surface area contributed by atoms with Gasteiger partial charge in [0.25, 0.3) is 0 Å². The summed E-state index contributed by atoms with van der Waals surface area (Å²) in [6, 6.07) is 19.6. The summed E-state index contributed by atoms with van der Waals surface area (Å²) in [5, 5.41) is 5.14. The third-order valence-corrected chi connectivity index (χ3v) is 8.39. The number of esters is 1. The second kappa shape index (κ2) is 9.76. The first-order valence-electron chi connectivity index (χ1n) is 13.2. The van der Waals surface area contributed by atoms with Crippen LogP contribution in [0.15, 0.2) is 54.6 Å². The number of hydrogen-bond donors (Lipinski definition) is 2. The maximum atomic E-state index is 13.2. The average molecular weight is 473 g/mol. The fourth-order valence-corrected chi connectivity index (χ4v) is 6.75. The standard InChI is InChI=1S/C29H36N4O2/c1-35-29(34)27-19-23-22-11-5-6-12-24(22)31-28(23)26-18-21(30-13-16-32-14-7-8-15-32)17-25(33(26)27)20-9-3-2-4-10-20/h2-6,9-12,21,25-27,30-31H,7-8,13-19H2,1H3/t21-,25-,26+,27-/m0/s1. The number of carbonyl (C=O) groups is 1. The van der Waals surface area contributed by atoms with E-state index in [1.165, 1.54) is 55.2 Å². The number of benzene rings is 2. The van der Waals surface area contributed by atoms with Gasteiger partial charge in [0.15, 0.2) is 0 Å². The number of para-hydroxylation sites is 1. The van der Waals surface area contributed by atoms with Gasteiger partial charge in [0.1, 0.15) is 6.04 Å². The Balaban J connectivity index is 1.36. The van der Waals surface area contributed by atoms with Gasteiger partial charge in [0.2, 0.25) is 0 Å². The molecule has 0 unspecified atom stereocenters. The van der Waals surface area contributed by atoms with Crippen LogP contribution >= 0.6 is 0 Å². The second-order valence-corrected chi connectivity index (χ2v) is 10.4. The van der Waals surface area contributed by atoms with Crippen molar-refractivity contribution in [3.63, 3.8) is 0 Å². The van der Waals surface area contributed by atoms with Gasteiger partial charge in [-0.1, -0.05) is 48.5 Å². The van der Waals surface area contributed by atoms with E-state index in [1.807, 2.05) is 0 Å². The number of piperidine rings is 1. The molecule has 2 saturated heterocycles. The van der Waals surface area contributed by atoms with E-state index >= 15 is 0 Å². The van der Waals surface area contributed by atoms with Crippen LogP contribution in [0.1, 0.15) is 54.6 Å². The molecule has 6 rings (SSSR count). The number of H-pyrrole nitrogens is 1. The van der Waals surface area contributed by atoms with E-state index in [0.717, 1.165) is 31.4 Å². The molecule has 35 heavy (non-hydrogen) atoms.